The molecule has 0 fully saturated rings. The maximum atomic E-state index is 10.2. The zero-order chi connectivity index (χ0) is 10.2. The van der Waals surface area contributed by atoms with Crippen molar-refractivity contribution >= 4 is 6.29 Å². The van der Waals surface area contributed by atoms with E-state index in [0.29, 0.717) is 13.0 Å². The first-order valence-electron chi connectivity index (χ1n) is 5.02. The van der Waals surface area contributed by atoms with E-state index < -0.39 is 0 Å². The topological polar surface area (TPSA) is 26.3 Å². The van der Waals surface area contributed by atoms with Crippen molar-refractivity contribution in [1.29, 1.82) is 0 Å². The summed E-state index contributed by atoms with van der Waals surface area (Å²) in [5.74, 6) is 0.945. The third-order valence-electron chi connectivity index (χ3n) is 2.04. The monoisotopic (exact) mass is 192 g/mol. The normalized spacial score (nSPS) is 9.79. The fourth-order valence-electron chi connectivity index (χ4n) is 1.38. The molecule has 1 aromatic rings. The van der Waals surface area contributed by atoms with Crippen LogP contribution in [-0.4, -0.2) is 12.9 Å². The van der Waals surface area contributed by atoms with Crippen molar-refractivity contribution in [2.24, 2.45) is 0 Å². The largest absolute Gasteiger partial charge is 0.494 e. The van der Waals surface area contributed by atoms with Crippen LogP contribution in [0.1, 0.15) is 25.3 Å². The zero-order valence-electron chi connectivity index (χ0n) is 8.53. The molecule has 0 aliphatic rings. The van der Waals surface area contributed by atoms with E-state index in [1.165, 1.54) is 5.56 Å². The van der Waals surface area contributed by atoms with Crippen molar-refractivity contribution in [3.63, 3.8) is 0 Å². The quantitative estimate of drug-likeness (QED) is 0.511. The first-order valence-corrected chi connectivity index (χ1v) is 5.02. The van der Waals surface area contributed by atoms with Gasteiger partial charge in [-0.3, -0.25) is 0 Å². The van der Waals surface area contributed by atoms with Crippen LogP contribution < -0.4 is 4.74 Å². The number of benzene rings is 1. The van der Waals surface area contributed by atoms with E-state index in [4.69, 9.17) is 4.74 Å². The predicted octanol–water partition coefficient (Wildman–Crippen LogP) is 2.61. The summed E-state index contributed by atoms with van der Waals surface area (Å²) in [7, 11) is 0. The summed E-state index contributed by atoms with van der Waals surface area (Å²) >= 11 is 0. The van der Waals surface area contributed by atoms with Gasteiger partial charge in [0.15, 0.2) is 0 Å². The van der Waals surface area contributed by atoms with Crippen LogP contribution in [0.25, 0.3) is 0 Å². The minimum Gasteiger partial charge on any atom is -0.494 e. The number of hydrogen-bond donors (Lipinski definition) is 0. The number of rotatable bonds is 6. The highest BCUT2D eigenvalue weighted by molar-refractivity contribution is 5.49. The summed E-state index contributed by atoms with van der Waals surface area (Å²) in [5, 5.41) is 0. The summed E-state index contributed by atoms with van der Waals surface area (Å²) in [6, 6.07) is 7.99. The van der Waals surface area contributed by atoms with Gasteiger partial charge in [0.2, 0.25) is 0 Å². The van der Waals surface area contributed by atoms with Crippen molar-refractivity contribution in [3.05, 3.63) is 29.8 Å². The zero-order valence-corrected chi connectivity index (χ0v) is 8.53. The molecule has 0 radical (unpaired) electrons. The Labute approximate surface area is 84.9 Å². The molecule has 2 heteroatoms. The van der Waals surface area contributed by atoms with Gasteiger partial charge in [-0.15, -0.1) is 0 Å². The lowest BCUT2D eigenvalue weighted by molar-refractivity contribution is -0.107. The molecule has 0 saturated carbocycles. The van der Waals surface area contributed by atoms with E-state index in [0.717, 1.165) is 24.9 Å². The molecule has 0 N–H and O–H groups in total. The SMILES string of the molecule is CCOc1ccccc1CCCC=O. The number of carbonyl (C=O) groups is 1. The fraction of sp³-hybridized carbons (Fsp3) is 0.417. The Balaban J connectivity index is 2.59. The molecule has 14 heavy (non-hydrogen) atoms. The highest BCUT2D eigenvalue weighted by atomic mass is 16.5. The Morgan fingerprint density at radius 2 is 2.14 bits per heavy atom. The maximum absolute atomic E-state index is 10.2. The van der Waals surface area contributed by atoms with Crippen LogP contribution in [-0.2, 0) is 11.2 Å². The van der Waals surface area contributed by atoms with Gasteiger partial charge in [0.25, 0.3) is 0 Å². The average Bonchev–Trinajstić information content (AvgIpc) is 2.21. The van der Waals surface area contributed by atoms with Crippen molar-refractivity contribution in [1.82, 2.24) is 0 Å². The molecule has 0 heterocycles. The average molecular weight is 192 g/mol. The van der Waals surface area contributed by atoms with Crippen molar-refractivity contribution in [2.45, 2.75) is 26.2 Å². The van der Waals surface area contributed by atoms with E-state index in [1.54, 1.807) is 0 Å². The van der Waals surface area contributed by atoms with Crippen LogP contribution >= 0.6 is 0 Å². The highest BCUT2D eigenvalue weighted by Crippen LogP contribution is 2.19. The number of ether oxygens (including phenoxy) is 1. The molecule has 0 atom stereocenters. The molecule has 2 nitrogen and oxygen atoms in total. The van der Waals surface area contributed by atoms with Crippen molar-refractivity contribution in [2.75, 3.05) is 6.61 Å². The highest BCUT2D eigenvalue weighted by Gasteiger charge is 2.00. The fourth-order valence-corrected chi connectivity index (χ4v) is 1.38. The second-order valence-corrected chi connectivity index (χ2v) is 3.10. The molecule has 0 aliphatic carbocycles. The molecular formula is C12H16O2. The lowest BCUT2D eigenvalue weighted by atomic mass is 10.1. The van der Waals surface area contributed by atoms with Crippen LogP contribution in [0.15, 0.2) is 24.3 Å². The summed E-state index contributed by atoms with van der Waals surface area (Å²) < 4.78 is 5.48. The standard InChI is InChI=1S/C12H16O2/c1-2-14-12-9-4-3-7-11(12)8-5-6-10-13/h3-4,7,9-10H,2,5-6,8H2,1H3. The minimum absolute atomic E-state index is 0.625. The van der Waals surface area contributed by atoms with Crippen LogP contribution in [0.2, 0.25) is 0 Å². The van der Waals surface area contributed by atoms with Crippen LogP contribution in [0.4, 0.5) is 0 Å². The molecule has 76 valence electrons. The summed E-state index contributed by atoms with van der Waals surface area (Å²) in [4.78, 5) is 10.2. The Kier molecular flexibility index (Phi) is 4.76. The van der Waals surface area contributed by atoms with E-state index in [-0.39, 0.29) is 0 Å². The van der Waals surface area contributed by atoms with E-state index in [9.17, 15) is 4.79 Å². The molecule has 0 amide bonds. The third-order valence-corrected chi connectivity index (χ3v) is 2.04. The number of para-hydroxylation sites is 1. The van der Waals surface area contributed by atoms with Gasteiger partial charge >= 0.3 is 0 Å². The second-order valence-electron chi connectivity index (χ2n) is 3.10. The van der Waals surface area contributed by atoms with E-state index >= 15 is 0 Å². The Morgan fingerprint density at radius 3 is 2.86 bits per heavy atom. The van der Waals surface area contributed by atoms with Crippen molar-refractivity contribution in [3.8, 4) is 5.75 Å². The van der Waals surface area contributed by atoms with Gasteiger partial charge < -0.3 is 9.53 Å². The molecule has 0 aromatic heterocycles. The number of unbranched alkanes of at least 4 members (excludes halogenated alkanes) is 1. The summed E-state index contributed by atoms with van der Waals surface area (Å²) in [6.07, 6.45) is 3.40. The van der Waals surface area contributed by atoms with Gasteiger partial charge in [-0.1, -0.05) is 18.2 Å². The number of hydrogen-bond acceptors (Lipinski definition) is 2. The van der Waals surface area contributed by atoms with Crippen LogP contribution in [0.3, 0.4) is 0 Å². The Bertz CT molecular complexity index is 281. The molecule has 1 aromatic carbocycles. The van der Waals surface area contributed by atoms with Gasteiger partial charge in [0, 0.05) is 6.42 Å². The molecule has 0 aliphatic heterocycles. The second kappa shape index (κ2) is 6.19. The van der Waals surface area contributed by atoms with Gasteiger partial charge in [-0.2, -0.15) is 0 Å². The minimum atomic E-state index is 0.625. The molecule has 0 saturated heterocycles. The molecule has 0 unspecified atom stereocenters. The molecule has 1 rings (SSSR count). The van der Waals surface area contributed by atoms with Crippen LogP contribution in [0.5, 0.6) is 5.75 Å². The third kappa shape index (κ3) is 3.21. The molecule has 0 bridgehead atoms. The number of aldehydes is 1. The van der Waals surface area contributed by atoms with Gasteiger partial charge in [0.1, 0.15) is 12.0 Å². The molecule has 0 spiro atoms. The van der Waals surface area contributed by atoms with E-state index in [1.807, 2.05) is 25.1 Å². The summed E-state index contributed by atoms with van der Waals surface area (Å²) in [6.45, 7) is 2.66. The summed E-state index contributed by atoms with van der Waals surface area (Å²) in [5.41, 5.74) is 1.19. The van der Waals surface area contributed by atoms with Crippen molar-refractivity contribution < 1.29 is 9.53 Å². The predicted molar refractivity (Wildman–Crippen MR) is 56.6 cm³/mol. The first kappa shape index (κ1) is 10.8. The Morgan fingerprint density at radius 1 is 1.36 bits per heavy atom. The maximum Gasteiger partial charge on any atom is 0.122 e. The van der Waals surface area contributed by atoms with Gasteiger partial charge in [-0.05, 0) is 31.4 Å². The number of carbonyl (C=O) groups excluding carboxylic acids is 1. The first-order chi connectivity index (χ1) is 6.88. The Hall–Kier alpha value is -1.31. The lowest BCUT2D eigenvalue weighted by Gasteiger charge is -2.08. The van der Waals surface area contributed by atoms with Gasteiger partial charge in [0.05, 0.1) is 6.61 Å². The van der Waals surface area contributed by atoms with Gasteiger partial charge in [-0.25, -0.2) is 0 Å². The number of aryl methyl sites for hydroxylation is 1. The van der Waals surface area contributed by atoms with E-state index in [2.05, 4.69) is 6.07 Å². The molecular weight excluding hydrogens is 176 g/mol. The van der Waals surface area contributed by atoms with Crippen LogP contribution in [0, 0.1) is 0 Å². The lowest BCUT2D eigenvalue weighted by Crippen LogP contribution is -1.96. The smallest absolute Gasteiger partial charge is 0.122 e.